The van der Waals surface area contributed by atoms with Gasteiger partial charge >= 0.3 is 5.97 Å². The maximum absolute atomic E-state index is 14.5. The number of hydrogen-bond donors (Lipinski definition) is 2. The molecule has 0 bridgehead atoms. The highest BCUT2D eigenvalue weighted by atomic mass is 19.1. The van der Waals surface area contributed by atoms with E-state index in [-0.39, 0.29) is 22.9 Å². The maximum Gasteiger partial charge on any atom is 0.341 e. The first-order valence-corrected chi connectivity index (χ1v) is 7.90. The molecule has 8 heteroatoms. The van der Waals surface area contributed by atoms with E-state index in [1.807, 2.05) is 0 Å². The Kier molecular flexibility index (Phi) is 4.23. The van der Waals surface area contributed by atoms with E-state index in [4.69, 9.17) is 10.8 Å². The molecule has 0 spiro atoms. The zero-order valence-electron chi connectivity index (χ0n) is 13.3. The van der Waals surface area contributed by atoms with Crippen LogP contribution >= 0.6 is 0 Å². The van der Waals surface area contributed by atoms with E-state index in [1.54, 1.807) is 16.4 Å². The molecule has 1 saturated heterocycles. The van der Waals surface area contributed by atoms with Gasteiger partial charge in [0.05, 0.1) is 5.39 Å². The summed E-state index contributed by atoms with van der Waals surface area (Å²) < 4.78 is 16.1. The van der Waals surface area contributed by atoms with Gasteiger partial charge in [0.25, 0.3) is 0 Å². The lowest BCUT2D eigenvalue weighted by atomic mass is 10.1. The van der Waals surface area contributed by atoms with Crippen LogP contribution in [0.15, 0.2) is 17.1 Å². The van der Waals surface area contributed by atoms with Crippen LogP contribution in [0.5, 0.6) is 0 Å². The number of aryl methyl sites for hydroxylation is 1. The molecule has 0 aromatic carbocycles. The number of nitrogens with zero attached hydrogens (tertiary/aromatic N) is 3. The summed E-state index contributed by atoms with van der Waals surface area (Å²) in [6.07, 6.45) is 2.98. The average molecular weight is 334 g/mol. The minimum atomic E-state index is -1.34. The number of nitrogens with two attached hydrogens (primary N) is 1. The Hall–Kier alpha value is -2.48. The number of aromatic carboxylic acids is 1. The lowest BCUT2D eigenvalue weighted by Gasteiger charge is -2.32. The van der Waals surface area contributed by atoms with Crippen molar-refractivity contribution in [1.82, 2.24) is 9.55 Å². The molecule has 1 unspecified atom stereocenters. The minimum absolute atomic E-state index is 0.0284. The van der Waals surface area contributed by atoms with Gasteiger partial charge in [0.2, 0.25) is 5.43 Å². The number of aromatic nitrogens is 2. The molecule has 7 nitrogen and oxygen atoms in total. The van der Waals surface area contributed by atoms with Crippen molar-refractivity contribution < 1.29 is 14.3 Å². The highest BCUT2D eigenvalue weighted by molar-refractivity contribution is 5.92. The lowest BCUT2D eigenvalue weighted by molar-refractivity contribution is 0.0695. The first-order chi connectivity index (χ1) is 11.4. The van der Waals surface area contributed by atoms with Crippen molar-refractivity contribution in [3.05, 3.63) is 33.9 Å². The summed E-state index contributed by atoms with van der Waals surface area (Å²) in [6, 6.07) is 1.04. The smallest absolute Gasteiger partial charge is 0.341 e. The third-order valence-electron chi connectivity index (χ3n) is 4.31. The molecule has 0 saturated carbocycles. The van der Waals surface area contributed by atoms with Crippen LogP contribution in [0, 0.1) is 5.82 Å². The number of carboxylic acids is 1. The molecule has 0 radical (unpaired) electrons. The molecule has 1 aliphatic heterocycles. The fourth-order valence-corrected chi connectivity index (χ4v) is 3.09. The largest absolute Gasteiger partial charge is 0.477 e. The minimum Gasteiger partial charge on any atom is -0.477 e. The fourth-order valence-electron chi connectivity index (χ4n) is 3.09. The number of piperidine rings is 1. The summed E-state index contributed by atoms with van der Waals surface area (Å²) in [5.41, 5.74) is 5.11. The van der Waals surface area contributed by atoms with E-state index in [9.17, 15) is 14.0 Å². The molecule has 3 heterocycles. The molecule has 1 aliphatic rings. The van der Waals surface area contributed by atoms with Crippen LogP contribution in [0.2, 0.25) is 0 Å². The number of rotatable bonds is 3. The number of halogens is 1. The molecule has 128 valence electrons. The highest BCUT2D eigenvalue weighted by Crippen LogP contribution is 2.24. The van der Waals surface area contributed by atoms with E-state index in [2.05, 4.69) is 4.98 Å². The van der Waals surface area contributed by atoms with Gasteiger partial charge in [-0.15, -0.1) is 0 Å². The van der Waals surface area contributed by atoms with Gasteiger partial charge in [0.15, 0.2) is 11.6 Å². The fraction of sp³-hybridized carbons (Fsp3) is 0.438. The SMILES string of the molecule is CCn1cc(C(=O)O)c(=O)c2cc(F)c(N3CCCC(N)C3)nc21. The van der Waals surface area contributed by atoms with E-state index in [0.717, 1.165) is 18.9 Å². The Bertz CT molecular complexity index is 865. The number of fused-ring (bicyclic) bond motifs is 1. The van der Waals surface area contributed by atoms with Crippen LogP contribution in [0.1, 0.15) is 30.1 Å². The van der Waals surface area contributed by atoms with Gasteiger partial charge in [-0.3, -0.25) is 4.79 Å². The molecule has 3 N–H and O–H groups in total. The van der Waals surface area contributed by atoms with Gasteiger partial charge < -0.3 is 20.3 Å². The molecule has 0 amide bonds. The summed E-state index contributed by atoms with van der Waals surface area (Å²) >= 11 is 0. The molecular weight excluding hydrogens is 315 g/mol. The molecular formula is C16H19FN4O3. The van der Waals surface area contributed by atoms with Crippen molar-refractivity contribution in [1.29, 1.82) is 0 Å². The molecule has 3 rings (SSSR count). The standard InChI is InChI=1S/C16H19FN4O3/c1-2-20-8-11(16(23)24)13(22)10-6-12(17)15(19-14(10)20)21-5-3-4-9(18)7-21/h6,8-9H,2-5,7,18H2,1H3,(H,23,24). The normalized spacial score (nSPS) is 18.1. The third-order valence-corrected chi connectivity index (χ3v) is 4.31. The Morgan fingerprint density at radius 2 is 2.29 bits per heavy atom. The Labute approximate surface area is 137 Å². The second kappa shape index (κ2) is 6.20. The van der Waals surface area contributed by atoms with Gasteiger partial charge in [0, 0.05) is 31.9 Å². The van der Waals surface area contributed by atoms with Crippen molar-refractivity contribution >= 4 is 22.8 Å². The number of carbonyl (C=O) groups is 1. The molecule has 1 fully saturated rings. The first kappa shape index (κ1) is 16.4. The Morgan fingerprint density at radius 1 is 1.54 bits per heavy atom. The van der Waals surface area contributed by atoms with Crippen LogP contribution in [0.25, 0.3) is 11.0 Å². The number of pyridine rings is 2. The summed E-state index contributed by atoms with van der Waals surface area (Å²) in [6.45, 7) is 3.36. The van der Waals surface area contributed by atoms with E-state index in [1.165, 1.54) is 6.20 Å². The topological polar surface area (TPSA) is 101 Å². The molecule has 1 atom stereocenters. The van der Waals surface area contributed by atoms with E-state index in [0.29, 0.717) is 19.6 Å². The molecule has 0 aliphatic carbocycles. The van der Waals surface area contributed by atoms with Gasteiger partial charge in [-0.25, -0.2) is 14.2 Å². The third kappa shape index (κ3) is 2.73. The van der Waals surface area contributed by atoms with Gasteiger partial charge in [0.1, 0.15) is 11.2 Å². The summed E-state index contributed by atoms with van der Waals surface area (Å²) in [5, 5.41) is 9.12. The van der Waals surface area contributed by atoms with Crippen LogP contribution in [0.4, 0.5) is 10.2 Å². The number of carboxylic acid groups (broad SMARTS) is 1. The summed E-state index contributed by atoms with van der Waals surface area (Å²) in [7, 11) is 0. The van der Waals surface area contributed by atoms with Crippen molar-refractivity contribution in [2.24, 2.45) is 5.73 Å². The number of anilines is 1. The predicted molar refractivity (Wildman–Crippen MR) is 88.0 cm³/mol. The Balaban J connectivity index is 2.22. The average Bonchev–Trinajstić information content (AvgIpc) is 2.55. The van der Waals surface area contributed by atoms with Gasteiger partial charge in [-0.2, -0.15) is 0 Å². The van der Waals surface area contributed by atoms with Gasteiger partial charge in [-0.1, -0.05) is 0 Å². The van der Waals surface area contributed by atoms with Crippen molar-refractivity contribution in [3.63, 3.8) is 0 Å². The van der Waals surface area contributed by atoms with Crippen LogP contribution in [-0.2, 0) is 6.54 Å². The van der Waals surface area contributed by atoms with Crippen molar-refractivity contribution in [3.8, 4) is 0 Å². The van der Waals surface area contributed by atoms with Crippen molar-refractivity contribution in [2.75, 3.05) is 18.0 Å². The monoisotopic (exact) mass is 334 g/mol. The first-order valence-electron chi connectivity index (χ1n) is 7.90. The molecule has 24 heavy (non-hydrogen) atoms. The van der Waals surface area contributed by atoms with Crippen LogP contribution < -0.4 is 16.1 Å². The zero-order valence-corrected chi connectivity index (χ0v) is 13.3. The molecule has 2 aromatic rings. The van der Waals surface area contributed by atoms with E-state index >= 15 is 0 Å². The van der Waals surface area contributed by atoms with Crippen LogP contribution in [0.3, 0.4) is 0 Å². The second-order valence-corrected chi connectivity index (χ2v) is 5.98. The highest BCUT2D eigenvalue weighted by Gasteiger charge is 2.23. The van der Waals surface area contributed by atoms with Gasteiger partial charge in [-0.05, 0) is 25.8 Å². The summed E-state index contributed by atoms with van der Waals surface area (Å²) in [4.78, 5) is 29.6. The second-order valence-electron chi connectivity index (χ2n) is 5.98. The maximum atomic E-state index is 14.5. The quantitative estimate of drug-likeness (QED) is 0.874. The predicted octanol–water partition coefficient (Wildman–Crippen LogP) is 1.18. The summed E-state index contributed by atoms with van der Waals surface area (Å²) in [5.74, 6) is -1.82. The molecule has 2 aromatic heterocycles. The Morgan fingerprint density at radius 3 is 2.92 bits per heavy atom. The number of hydrogen-bond acceptors (Lipinski definition) is 5. The lowest BCUT2D eigenvalue weighted by Crippen LogP contribution is -2.43. The van der Waals surface area contributed by atoms with Crippen molar-refractivity contribution in [2.45, 2.75) is 32.4 Å². The van der Waals surface area contributed by atoms with Crippen LogP contribution in [-0.4, -0.2) is 39.8 Å². The zero-order chi connectivity index (χ0) is 17.4. The van der Waals surface area contributed by atoms with E-state index < -0.39 is 22.8 Å².